The molecule has 3 aromatic carbocycles. The molecule has 0 aromatic heterocycles. The molecule has 0 aliphatic rings. The van der Waals surface area contributed by atoms with Crippen molar-refractivity contribution in [3.8, 4) is 5.75 Å². The van der Waals surface area contributed by atoms with Gasteiger partial charge >= 0.3 is 0 Å². The number of amides is 2. The third kappa shape index (κ3) is 5.66. The summed E-state index contributed by atoms with van der Waals surface area (Å²) >= 11 is 0. The van der Waals surface area contributed by atoms with Crippen LogP contribution in [0.1, 0.15) is 44.7 Å². The Labute approximate surface area is 182 Å². The van der Waals surface area contributed by atoms with Gasteiger partial charge in [0, 0.05) is 30.2 Å². The average Bonchev–Trinajstić information content (AvgIpc) is 2.83. The highest BCUT2D eigenvalue weighted by Crippen LogP contribution is 2.15. The lowest BCUT2D eigenvalue weighted by atomic mass is 10.0. The summed E-state index contributed by atoms with van der Waals surface area (Å²) in [5, 5.41) is 0. The predicted molar refractivity (Wildman–Crippen MR) is 119 cm³/mol. The van der Waals surface area contributed by atoms with Gasteiger partial charge in [0.2, 0.25) is 5.91 Å². The second-order valence-corrected chi connectivity index (χ2v) is 7.23. The van der Waals surface area contributed by atoms with E-state index in [0.717, 1.165) is 22.6 Å². The van der Waals surface area contributed by atoms with Crippen LogP contribution >= 0.6 is 0 Å². The molecule has 0 aliphatic carbocycles. The van der Waals surface area contributed by atoms with Crippen LogP contribution in [0.3, 0.4) is 0 Å². The van der Waals surface area contributed by atoms with E-state index >= 15 is 0 Å². The SMILES string of the molecule is COc1ccc(CCCC(=O)N(C)C(=O)c2ccc(C(=O)c3ccccc3)cc2)cc1. The normalized spacial score (nSPS) is 10.4. The zero-order chi connectivity index (χ0) is 22.2. The molecule has 0 saturated heterocycles. The van der Waals surface area contributed by atoms with Gasteiger partial charge in [0.25, 0.3) is 5.91 Å². The van der Waals surface area contributed by atoms with Crippen LogP contribution < -0.4 is 4.74 Å². The van der Waals surface area contributed by atoms with E-state index in [1.165, 1.54) is 7.05 Å². The van der Waals surface area contributed by atoms with Gasteiger partial charge in [-0.1, -0.05) is 54.6 Å². The number of hydrogen-bond donors (Lipinski definition) is 0. The van der Waals surface area contributed by atoms with Gasteiger partial charge in [0.15, 0.2) is 5.78 Å². The van der Waals surface area contributed by atoms with Crippen LogP contribution in [0.5, 0.6) is 5.75 Å². The van der Waals surface area contributed by atoms with Gasteiger partial charge in [-0.2, -0.15) is 0 Å². The van der Waals surface area contributed by atoms with Crippen molar-refractivity contribution in [1.82, 2.24) is 4.90 Å². The second kappa shape index (κ2) is 10.3. The molecule has 5 heteroatoms. The van der Waals surface area contributed by atoms with Gasteiger partial charge in [-0.15, -0.1) is 0 Å². The topological polar surface area (TPSA) is 63.7 Å². The first-order valence-electron chi connectivity index (χ1n) is 10.1. The summed E-state index contributed by atoms with van der Waals surface area (Å²) < 4.78 is 5.14. The number of nitrogens with zero attached hydrogens (tertiary/aromatic N) is 1. The number of carbonyl (C=O) groups is 3. The van der Waals surface area contributed by atoms with Crippen molar-refractivity contribution in [1.29, 1.82) is 0 Å². The molecule has 31 heavy (non-hydrogen) atoms. The molecular formula is C26H25NO4. The standard InChI is InChI=1S/C26H25NO4/c1-27(24(28)10-6-7-19-11-17-23(31-2)18-12-19)26(30)22-15-13-21(14-16-22)25(29)20-8-4-3-5-9-20/h3-5,8-9,11-18H,6-7,10H2,1-2H3. The van der Waals surface area contributed by atoms with Crippen LogP contribution in [-0.2, 0) is 11.2 Å². The molecule has 0 spiro atoms. The monoisotopic (exact) mass is 415 g/mol. The summed E-state index contributed by atoms with van der Waals surface area (Å²) in [6.07, 6.45) is 1.67. The predicted octanol–water partition coefficient (Wildman–Crippen LogP) is 4.55. The zero-order valence-electron chi connectivity index (χ0n) is 17.7. The largest absolute Gasteiger partial charge is 0.497 e. The van der Waals surface area contributed by atoms with Crippen molar-refractivity contribution in [3.63, 3.8) is 0 Å². The van der Waals surface area contributed by atoms with Crippen molar-refractivity contribution in [2.24, 2.45) is 0 Å². The lowest BCUT2D eigenvalue weighted by Gasteiger charge is -2.15. The Morgan fingerprint density at radius 1 is 0.774 bits per heavy atom. The van der Waals surface area contributed by atoms with Crippen molar-refractivity contribution < 1.29 is 19.1 Å². The molecule has 0 aliphatic heterocycles. The minimum absolute atomic E-state index is 0.109. The number of ketones is 1. The molecule has 0 unspecified atom stereocenters. The third-order valence-electron chi connectivity index (χ3n) is 5.12. The summed E-state index contributed by atoms with van der Waals surface area (Å²) in [5.41, 5.74) is 2.57. The van der Waals surface area contributed by atoms with Crippen molar-refractivity contribution in [2.75, 3.05) is 14.2 Å². The van der Waals surface area contributed by atoms with E-state index in [1.807, 2.05) is 30.3 Å². The van der Waals surface area contributed by atoms with Crippen molar-refractivity contribution in [2.45, 2.75) is 19.3 Å². The second-order valence-electron chi connectivity index (χ2n) is 7.23. The highest BCUT2D eigenvalue weighted by Gasteiger charge is 2.19. The molecule has 5 nitrogen and oxygen atoms in total. The first kappa shape index (κ1) is 22.0. The molecule has 0 N–H and O–H groups in total. The van der Waals surface area contributed by atoms with Gasteiger partial charge in [-0.25, -0.2) is 0 Å². The van der Waals surface area contributed by atoms with Crippen LogP contribution in [0.2, 0.25) is 0 Å². The zero-order valence-corrected chi connectivity index (χ0v) is 17.7. The van der Waals surface area contributed by atoms with E-state index in [1.54, 1.807) is 55.6 Å². The lowest BCUT2D eigenvalue weighted by molar-refractivity contribution is -0.127. The number of imide groups is 1. The van der Waals surface area contributed by atoms with E-state index in [9.17, 15) is 14.4 Å². The number of rotatable bonds is 8. The molecule has 0 radical (unpaired) electrons. The van der Waals surface area contributed by atoms with E-state index in [2.05, 4.69) is 0 Å². The van der Waals surface area contributed by atoms with Gasteiger partial charge in [0.05, 0.1) is 7.11 Å². The van der Waals surface area contributed by atoms with Crippen molar-refractivity contribution >= 4 is 17.6 Å². The smallest absolute Gasteiger partial charge is 0.260 e. The highest BCUT2D eigenvalue weighted by atomic mass is 16.5. The average molecular weight is 415 g/mol. The summed E-state index contributed by atoms with van der Waals surface area (Å²) in [6, 6.07) is 23.1. The Kier molecular flexibility index (Phi) is 7.33. The van der Waals surface area contributed by atoms with Gasteiger partial charge in [0.1, 0.15) is 5.75 Å². The summed E-state index contributed by atoms with van der Waals surface area (Å²) in [4.78, 5) is 38.7. The molecule has 0 heterocycles. The first-order valence-corrected chi connectivity index (χ1v) is 10.1. The van der Waals surface area contributed by atoms with E-state index < -0.39 is 0 Å². The molecule has 3 aromatic rings. The molecule has 0 atom stereocenters. The fourth-order valence-corrected chi connectivity index (χ4v) is 3.23. The molecule has 3 rings (SSSR count). The van der Waals surface area contributed by atoms with Gasteiger partial charge in [-0.3, -0.25) is 19.3 Å². The van der Waals surface area contributed by atoms with E-state index in [0.29, 0.717) is 23.1 Å². The molecule has 0 fully saturated rings. The molecule has 0 saturated carbocycles. The van der Waals surface area contributed by atoms with Gasteiger partial charge < -0.3 is 4.74 Å². The van der Waals surface area contributed by atoms with Gasteiger partial charge in [-0.05, 0) is 42.7 Å². The third-order valence-corrected chi connectivity index (χ3v) is 5.12. The first-order chi connectivity index (χ1) is 15.0. The number of carbonyl (C=O) groups excluding carboxylic acids is 3. The van der Waals surface area contributed by atoms with Crippen LogP contribution in [0.4, 0.5) is 0 Å². The maximum Gasteiger partial charge on any atom is 0.260 e. The Morgan fingerprint density at radius 2 is 1.35 bits per heavy atom. The van der Waals surface area contributed by atoms with Crippen LogP contribution in [0, 0.1) is 0 Å². The summed E-state index contributed by atoms with van der Waals surface area (Å²) in [6.45, 7) is 0. The Hall–Kier alpha value is -3.73. The maximum absolute atomic E-state index is 12.6. The lowest BCUT2D eigenvalue weighted by Crippen LogP contribution is -2.33. The number of ether oxygens (including phenoxy) is 1. The van der Waals surface area contributed by atoms with Crippen molar-refractivity contribution in [3.05, 3.63) is 101 Å². The van der Waals surface area contributed by atoms with E-state index in [-0.39, 0.29) is 24.0 Å². The van der Waals surface area contributed by atoms with Crippen LogP contribution in [-0.4, -0.2) is 36.7 Å². The Bertz CT molecular complexity index is 1040. The van der Waals surface area contributed by atoms with Crippen LogP contribution in [0.15, 0.2) is 78.9 Å². The summed E-state index contributed by atoms with van der Waals surface area (Å²) in [5.74, 6) is 0.0697. The number of hydrogen-bond acceptors (Lipinski definition) is 4. The number of methoxy groups -OCH3 is 1. The fourth-order valence-electron chi connectivity index (χ4n) is 3.23. The molecule has 158 valence electrons. The van der Waals surface area contributed by atoms with Crippen LogP contribution in [0.25, 0.3) is 0 Å². The minimum atomic E-state index is -0.381. The minimum Gasteiger partial charge on any atom is -0.497 e. The highest BCUT2D eigenvalue weighted by molar-refractivity contribution is 6.10. The molecular weight excluding hydrogens is 390 g/mol. The molecule has 2 amide bonds. The fraction of sp³-hybridized carbons (Fsp3) is 0.192. The number of aryl methyl sites for hydroxylation is 1. The quantitative estimate of drug-likeness (QED) is 0.507. The number of benzene rings is 3. The van der Waals surface area contributed by atoms with E-state index in [4.69, 9.17) is 4.74 Å². The molecule has 0 bridgehead atoms. The Morgan fingerprint density at radius 3 is 1.97 bits per heavy atom. The summed E-state index contributed by atoms with van der Waals surface area (Å²) in [7, 11) is 3.11. The maximum atomic E-state index is 12.6. The Balaban J connectivity index is 1.54.